The number of aliphatic carboxylic acids is 1. The molecule has 0 aliphatic rings. The SMILES string of the molecule is Cc1cc(CC(=O)O)nc2c(Cl)cc(Cl)cc12. The Bertz CT molecular complexity index is 611. The number of carboxylic acids is 1. The fourth-order valence-electron chi connectivity index (χ4n) is 1.73. The number of fused-ring (bicyclic) bond motifs is 1. The molecule has 17 heavy (non-hydrogen) atoms. The Labute approximate surface area is 108 Å². The second kappa shape index (κ2) is 4.51. The maximum absolute atomic E-state index is 10.7. The third-order valence-electron chi connectivity index (χ3n) is 2.42. The van der Waals surface area contributed by atoms with Crippen molar-refractivity contribution in [3.8, 4) is 0 Å². The fraction of sp³-hybridized carbons (Fsp3) is 0.167. The van der Waals surface area contributed by atoms with E-state index in [2.05, 4.69) is 4.98 Å². The molecule has 0 aliphatic heterocycles. The van der Waals surface area contributed by atoms with Crippen LogP contribution in [0.15, 0.2) is 18.2 Å². The molecule has 0 saturated carbocycles. The Morgan fingerprint density at radius 2 is 2.06 bits per heavy atom. The lowest BCUT2D eigenvalue weighted by molar-refractivity contribution is -0.136. The van der Waals surface area contributed by atoms with Gasteiger partial charge in [0.05, 0.1) is 22.7 Å². The first-order valence-electron chi connectivity index (χ1n) is 4.94. The van der Waals surface area contributed by atoms with Crippen LogP contribution in [0.25, 0.3) is 10.9 Å². The summed E-state index contributed by atoms with van der Waals surface area (Å²) >= 11 is 12.0. The van der Waals surface area contributed by atoms with Crippen molar-refractivity contribution in [3.63, 3.8) is 0 Å². The number of carbonyl (C=O) groups is 1. The van der Waals surface area contributed by atoms with E-state index in [4.69, 9.17) is 28.3 Å². The van der Waals surface area contributed by atoms with E-state index < -0.39 is 5.97 Å². The van der Waals surface area contributed by atoms with Gasteiger partial charge in [0.15, 0.2) is 0 Å². The van der Waals surface area contributed by atoms with Crippen molar-refractivity contribution in [2.75, 3.05) is 0 Å². The minimum atomic E-state index is -0.915. The Hall–Kier alpha value is -1.32. The summed E-state index contributed by atoms with van der Waals surface area (Å²) in [4.78, 5) is 14.9. The first-order chi connectivity index (χ1) is 7.97. The van der Waals surface area contributed by atoms with Crippen LogP contribution in [0.1, 0.15) is 11.3 Å². The average molecular weight is 270 g/mol. The minimum Gasteiger partial charge on any atom is -0.481 e. The molecule has 1 aromatic heterocycles. The van der Waals surface area contributed by atoms with Crippen LogP contribution in [0.3, 0.4) is 0 Å². The maximum Gasteiger partial charge on any atom is 0.309 e. The second-order valence-electron chi connectivity index (χ2n) is 3.78. The molecule has 0 fully saturated rings. The number of carboxylic acid groups (broad SMARTS) is 1. The lowest BCUT2D eigenvalue weighted by atomic mass is 10.1. The summed E-state index contributed by atoms with van der Waals surface area (Å²) in [6.45, 7) is 1.88. The summed E-state index contributed by atoms with van der Waals surface area (Å²) in [5.41, 5.74) is 2.00. The number of halogens is 2. The standard InChI is InChI=1S/C12H9Cl2NO2/c1-6-2-8(5-11(16)17)15-12-9(6)3-7(13)4-10(12)14/h2-4H,5H2,1H3,(H,16,17). The molecular formula is C12H9Cl2NO2. The molecule has 1 N–H and O–H groups in total. The highest BCUT2D eigenvalue weighted by Crippen LogP contribution is 2.29. The molecule has 0 atom stereocenters. The van der Waals surface area contributed by atoms with Crippen LogP contribution < -0.4 is 0 Å². The van der Waals surface area contributed by atoms with Gasteiger partial charge in [-0.25, -0.2) is 0 Å². The molecule has 0 unspecified atom stereocenters. The fourth-order valence-corrected chi connectivity index (χ4v) is 2.26. The number of aryl methyl sites for hydroxylation is 1. The highest BCUT2D eigenvalue weighted by Gasteiger charge is 2.09. The minimum absolute atomic E-state index is 0.115. The van der Waals surface area contributed by atoms with Gasteiger partial charge in [-0.3, -0.25) is 9.78 Å². The normalized spacial score (nSPS) is 10.8. The lowest BCUT2D eigenvalue weighted by Gasteiger charge is -2.07. The zero-order chi connectivity index (χ0) is 12.6. The Balaban J connectivity index is 2.68. The van der Waals surface area contributed by atoms with E-state index in [-0.39, 0.29) is 6.42 Å². The molecule has 2 aromatic rings. The van der Waals surface area contributed by atoms with E-state index in [1.807, 2.05) is 6.92 Å². The molecule has 1 aromatic carbocycles. The monoisotopic (exact) mass is 269 g/mol. The van der Waals surface area contributed by atoms with Crippen molar-refractivity contribution in [1.82, 2.24) is 4.98 Å². The molecule has 0 amide bonds. The predicted octanol–water partition coefficient (Wildman–Crippen LogP) is 3.48. The van der Waals surface area contributed by atoms with Gasteiger partial charge in [-0.05, 0) is 30.7 Å². The summed E-state index contributed by atoms with van der Waals surface area (Å²) in [6, 6.07) is 5.11. The van der Waals surface area contributed by atoms with Crippen molar-refractivity contribution in [1.29, 1.82) is 0 Å². The molecule has 5 heteroatoms. The molecule has 1 heterocycles. The molecule has 0 bridgehead atoms. The number of rotatable bonds is 2. The van der Waals surface area contributed by atoms with Crippen LogP contribution in [0.5, 0.6) is 0 Å². The Morgan fingerprint density at radius 1 is 1.35 bits per heavy atom. The van der Waals surface area contributed by atoms with Crippen LogP contribution in [0.4, 0.5) is 0 Å². The molecule has 2 rings (SSSR count). The van der Waals surface area contributed by atoms with E-state index in [1.54, 1.807) is 18.2 Å². The lowest BCUT2D eigenvalue weighted by Crippen LogP contribution is -2.03. The van der Waals surface area contributed by atoms with Gasteiger partial charge >= 0.3 is 5.97 Å². The molecule has 0 spiro atoms. The van der Waals surface area contributed by atoms with Gasteiger partial charge in [0.1, 0.15) is 0 Å². The number of nitrogens with zero attached hydrogens (tertiary/aromatic N) is 1. The number of pyridine rings is 1. The van der Waals surface area contributed by atoms with Gasteiger partial charge in [-0.2, -0.15) is 0 Å². The molecular weight excluding hydrogens is 261 g/mol. The summed E-state index contributed by atoms with van der Waals surface area (Å²) < 4.78 is 0. The first kappa shape index (κ1) is 12.1. The summed E-state index contributed by atoms with van der Waals surface area (Å²) in [5.74, 6) is -0.915. The third-order valence-corrected chi connectivity index (χ3v) is 2.93. The zero-order valence-corrected chi connectivity index (χ0v) is 10.5. The number of hydrogen-bond acceptors (Lipinski definition) is 2. The van der Waals surface area contributed by atoms with Crippen LogP contribution in [0.2, 0.25) is 10.0 Å². The van der Waals surface area contributed by atoms with Crippen LogP contribution in [-0.4, -0.2) is 16.1 Å². The molecule has 0 saturated heterocycles. The van der Waals surface area contributed by atoms with Crippen LogP contribution in [0, 0.1) is 6.92 Å². The molecule has 3 nitrogen and oxygen atoms in total. The van der Waals surface area contributed by atoms with E-state index in [9.17, 15) is 4.79 Å². The molecule has 0 radical (unpaired) electrons. The Kier molecular flexibility index (Phi) is 3.22. The van der Waals surface area contributed by atoms with Crippen molar-refractivity contribution in [2.45, 2.75) is 13.3 Å². The summed E-state index contributed by atoms with van der Waals surface area (Å²) in [6.07, 6.45) is -0.115. The van der Waals surface area contributed by atoms with Gasteiger partial charge in [0, 0.05) is 10.4 Å². The van der Waals surface area contributed by atoms with Crippen molar-refractivity contribution in [2.24, 2.45) is 0 Å². The number of aromatic nitrogens is 1. The van der Waals surface area contributed by atoms with Crippen molar-refractivity contribution < 1.29 is 9.90 Å². The van der Waals surface area contributed by atoms with Crippen molar-refractivity contribution >= 4 is 40.1 Å². The van der Waals surface area contributed by atoms with E-state index in [0.29, 0.717) is 21.3 Å². The van der Waals surface area contributed by atoms with Gasteiger partial charge in [0.25, 0.3) is 0 Å². The van der Waals surface area contributed by atoms with E-state index in [0.717, 1.165) is 10.9 Å². The van der Waals surface area contributed by atoms with Gasteiger partial charge in [-0.15, -0.1) is 0 Å². The zero-order valence-electron chi connectivity index (χ0n) is 9.00. The third kappa shape index (κ3) is 2.51. The van der Waals surface area contributed by atoms with Crippen LogP contribution in [-0.2, 0) is 11.2 Å². The molecule has 0 aliphatic carbocycles. The Morgan fingerprint density at radius 3 is 2.71 bits per heavy atom. The summed E-state index contributed by atoms with van der Waals surface area (Å²) in [5, 5.41) is 10.6. The number of hydrogen-bond donors (Lipinski definition) is 1. The summed E-state index contributed by atoms with van der Waals surface area (Å²) in [7, 11) is 0. The molecule has 88 valence electrons. The topological polar surface area (TPSA) is 50.2 Å². The quantitative estimate of drug-likeness (QED) is 0.908. The highest BCUT2D eigenvalue weighted by molar-refractivity contribution is 6.38. The van der Waals surface area contributed by atoms with Crippen LogP contribution >= 0.6 is 23.2 Å². The highest BCUT2D eigenvalue weighted by atomic mass is 35.5. The maximum atomic E-state index is 10.7. The second-order valence-corrected chi connectivity index (χ2v) is 4.63. The smallest absolute Gasteiger partial charge is 0.309 e. The van der Waals surface area contributed by atoms with Gasteiger partial charge in [0.2, 0.25) is 0 Å². The largest absolute Gasteiger partial charge is 0.481 e. The first-order valence-corrected chi connectivity index (χ1v) is 5.70. The van der Waals surface area contributed by atoms with E-state index in [1.165, 1.54) is 0 Å². The number of benzene rings is 1. The van der Waals surface area contributed by atoms with Gasteiger partial charge in [-0.1, -0.05) is 23.2 Å². The predicted molar refractivity (Wildman–Crippen MR) is 67.8 cm³/mol. The van der Waals surface area contributed by atoms with E-state index >= 15 is 0 Å². The van der Waals surface area contributed by atoms with Crippen molar-refractivity contribution in [3.05, 3.63) is 39.5 Å². The average Bonchev–Trinajstić information content (AvgIpc) is 2.19. The van der Waals surface area contributed by atoms with Gasteiger partial charge < -0.3 is 5.11 Å².